The largest absolute Gasteiger partial charge is 0.297 e. The second kappa shape index (κ2) is 3.91. The molecule has 1 aliphatic rings. The lowest BCUT2D eigenvalue weighted by Crippen LogP contribution is -2.32. The van der Waals surface area contributed by atoms with Crippen LogP contribution in [0.1, 0.15) is 33.1 Å². The first kappa shape index (κ1) is 8.79. The van der Waals surface area contributed by atoms with Crippen LogP contribution in [0.3, 0.4) is 0 Å². The second-order valence-electron chi connectivity index (χ2n) is 3.77. The minimum Gasteiger partial charge on any atom is -0.297 e. The first-order valence-electron chi connectivity index (χ1n) is 4.61. The number of hydrogen-bond donors (Lipinski definition) is 0. The molecule has 1 aliphatic heterocycles. The van der Waals surface area contributed by atoms with Crippen molar-refractivity contribution in [1.29, 1.82) is 0 Å². The summed E-state index contributed by atoms with van der Waals surface area (Å²) in [5.74, 6) is 0. The lowest BCUT2D eigenvalue weighted by Gasteiger charge is -2.24. The predicted molar refractivity (Wildman–Crippen MR) is 49.7 cm³/mol. The molecule has 0 spiro atoms. The molecule has 64 valence electrons. The molecule has 1 nitrogen and oxygen atoms in total. The van der Waals surface area contributed by atoms with Gasteiger partial charge in [-0.25, -0.2) is 0 Å². The van der Waals surface area contributed by atoms with E-state index in [0.717, 1.165) is 6.54 Å². The molecular formula is C10H19N. The summed E-state index contributed by atoms with van der Waals surface area (Å²) in [6, 6.07) is 0.685. The van der Waals surface area contributed by atoms with Gasteiger partial charge in [0.2, 0.25) is 0 Å². The van der Waals surface area contributed by atoms with Crippen molar-refractivity contribution in [2.24, 2.45) is 0 Å². The van der Waals surface area contributed by atoms with Gasteiger partial charge in [0, 0.05) is 12.6 Å². The van der Waals surface area contributed by atoms with E-state index in [1.54, 1.807) is 0 Å². The molecule has 1 saturated heterocycles. The van der Waals surface area contributed by atoms with Crippen LogP contribution >= 0.6 is 0 Å². The van der Waals surface area contributed by atoms with E-state index >= 15 is 0 Å². The van der Waals surface area contributed by atoms with E-state index < -0.39 is 0 Å². The monoisotopic (exact) mass is 153 g/mol. The lowest BCUT2D eigenvalue weighted by atomic mass is 10.1. The Morgan fingerprint density at radius 2 is 2.09 bits per heavy atom. The van der Waals surface area contributed by atoms with Crippen LogP contribution in [0.15, 0.2) is 12.2 Å². The van der Waals surface area contributed by atoms with Crippen molar-refractivity contribution >= 4 is 0 Å². The maximum atomic E-state index is 4.07. The van der Waals surface area contributed by atoms with Crippen molar-refractivity contribution < 1.29 is 0 Å². The summed E-state index contributed by atoms with van der Waals surface area (Å²) in [6.07, 6.45) is 3.92. The average Bonchev–Trinajstić information content (AvgIpc) is 2.13. The Balaban J connectivity index is 2.45. The molecule has 0 saturated carbocycles. The predicted octanol–water partition coefficient (Wildman–Crippen LogP) is 2.44. The summed E-state index contributed by atoms with van der Waals surface area (Å²) >= 11 is 0. The zero-order valence-corrected chi connectivity index (χ0v) is 7.77. The molecule has 11 heavy (non-hydrogen) atoms. The Morgan fingerprint density at radius 3 is 2.73 bits per heavy atom. The Labute approximate surface area is 70.1 Å². The van der Waals surface area contributed by atoms with Gasteiger partial charge in [0.05, 0.1) is 0 Å². The first-order chi connectivity index (χ1) is 5.20. The molecule has 1 rings (SSSR count). The number of nitrogens with zero attached hydrogens (tertiary/aromatic N) is 1. The maximum absolute atomic E-state index is 4.07. The standard InChI is InChI=1S/C10H19N/c1-9(2)11-7-5-4-6-10(3)8-11/h9H,3-8H2,1-2H3. The highest BCUT2D eigenvalue weighted by Gasteiger charge is 2.13. The minimum atomic E-state index is 0.685. The number of hydrogen-bond acceptors (Lipinski definition) is 1. The summed E-state index contributed by atoms with van der Waals surface area (Å²) in [5, 5.41) is 0. The number of likely N-dealkylation sites (tertiary alicyclic amines) is 1. The highest BCUT2D eigenvalue weighted by Crippen LogP contribution is 2.15. The zero-order chi connectivity index (χ0) is 8.27. The summed E-state index contributed by atoms with van der Waals surface area (Å²) < 4.78 is 0. The van der Waals surface area contributed by atoms with Crippen LogP contribution in [-0.2, 0) is 0 Å². The molecular weight excluding hydrogens is 134 g/mol. The Hall–Kier alpha value is -0.300. The minimum absolute atomic E-state index is 0.685. The third-order valence-electron chi connectivity index (χ3n) is 2.38. The van der Waals surface area contributed by atoms with Gasteiger partial charge >= 0.3 is 0 Å². The molecule has 0 aromatic heterocycles. The van der Waals surface area contributed by atoms with Crippen LogP contribution in [0.2, 0.25) is 0 Å². The second-order valence-corrected chi connectivity index (χ2v) is 3.77. The lowest BCUT2D eigenvalue weighted by molar-refractivity contribution is 0.246. The van der Waals surface area contributed by atoms with Crippen molar-refractivity contribution in [1.82, 2.24) is 4.90 Å². The van der Waals surface area contributed by atoms with Gasteiger partial charge in [-0.05, 0) is 39.7 Å². The van der Waals surface area contributed by atoms with Gasteiger partial charge in [-0.2, -0.15) is 0 Å². The molecule has 0 aromatic carbocycles. The number of rotatable bonds is 1. The fourth-order valence-electron chi connectivity index (χ4n) is 1.58. The van der Waals surface area contributed by atoms with Crippen molar-refractivity contribution in [3.63, 3.8) is 0 Å². The smallest absolute Gasteiger partial charge is 0.0192 e. The van der Waals surface area contributed by atoms with E-state index in [1.807, 2.05) is 0 Å². The highest BCUT2D eigenvalue weighted by molar-refractivity contribution is 4.99. The average molecular weight is 153 g/mol. The van der Waals surface area contributed by atoms with Gasteiger partial charge in [-0.15, -0.1) is 0 Å². The third-order valence-corrected chi connectivity index (χ3v) is 2.38. The quantitative estimate of drug-likeness (QED) is 0.523. The molecule has 1 heteroatoms. The molecule has 0 aromatic rings. The maximum Gasteiger partial charge on any atom is 0.0192 e. The molecule has 0 radical (unpaired) electrons. The van der Waals surface area contributed by atoms with Crippen molar-refractivity contribution in [2.45, 2.75) is 39.2 Å². The Kier molecular flexibility index (Phi) is 3.13. The van der Waals surface area contributed by atoms with E-state index in [1.165, 1.54) is 31.4 Å². The van der Waals surface area contributed by atoms with Crippen molar-refractivity contribution in [3.05, 3.63) is 12.2 Å². The fourth-order valence-corrected chi connectivity index (χ4v) is 1.58. The van der Waals surface area contributed by atoms with Gasteiger partial charge in [0.15, 0.2) is 0 Å². The molecule has 0 aliphatic carbocycles. The molecule has 1 fully saturated rings. The van der Waals surface area contributed by atoms with Crippen molar-refractivity contribution in [3.8, 4) is 0 Å². The Bertz CT molecular complexity index is 138. The van der Waals surface area contributed by atoms with Crippen LogP contribution < -0.4 is 0 Å². The topological polar surface area (TPSA) is 3.24 Å². The van der Waals surface area contributed by atoms with Crippen LogP contribution in [0.4, 0.5) is 0 Å². The SMILES string of the molecule is C=C1CCCCN(C(C)C)C1. The molecule has 0 N–H and O–H groups in total. The summed E-state index contributed by atoms with van der Waals surface area (Å²) in [7, 11) is 0. The summed E-state index contributed by atoms with van der Waals surface area (Å²) in [6.45, 7) is 11.0. The van der Waals surface area contributed by atoms with Crippen LogP contribution in [-0.4, -0.2) is 24.0 Å². The van der Waals surface area contributed by atoms with E-state index in [4.69, 9.17) is 0 Å². The molecule has 0 bridgehead atoms. The van der Waals surface area contributed by atoms with Gasteiger partial charge in [-0.1, -0.05) is 12.2 Å². The highest BCUT2D eigenvalue weighted by atomic mass is 15.1. The van der Waals surface area contributed by atoms with E-state index in [0.29, 0.717) is 6.04 Å². The van der Waals surface area contributed by atoms with Crippen molar-refractivity contribution in [2.75, 3.05) is 13.1 Å². The molecule has 0 atom stereocenters. The molecule has 0 amide bonds. The van der Waals surface area contributed by atoms with Gasteiger partial charge < -0.3 is 0 Å². The third kappa shape index (κ3) is 2.66. The van der Waals surface area contributed by atoms with Gasteiger partial charge in [-0.3, -0.25) is 4.90 Å². The van der Waals surface area contributed by atoms with Crippen LogP contribution in [0, 0.1) is 0 Å². The Morgan fingerprint density at radius 1 is 1.36 bits per heavy atom. The van der Waals surface area contributed by atoms with Gasteiger partial charge in [0.25, 0.3) is 0 Å². The van der Waals surface area contributed by atoms with E-state index in [9.17, 15) is 0 Å². The zero-order valence-electron chi connectivity index (χ0n) is 7.77. The van der Waals surface area contributed by atoms with E-state index in [-0.39, 0.29) is 0 Å². The van der Waals surface area contributed by atoms with Crippen LogP contribution in [0.5, 0.6) is 0 Å². The molecule has 1 heterocycles. The van der Waals surface area contributed by atoms with E-state index in [2.05, 4.69) is 25.3 Å². The van der Waals surface area contributed by atoms with Crippen LogP contribution in [0.25, 0.3) is 0 Å². The van der Waals surface area contributed by atoms with Gasteiger partial charge in [0.1, 0.15) is 0 Å². The first-order valence-corrected chi connectivity index (χ1v) is 4.61. The summed E-state index contributed by atoms with van der Waals surface area (Å²) in [5.41, 5.74) is 1.41. The normalized spacial score (nSPS) is 22.3. The summed E-state index contributed by atoms with van der Waals surface area (Å²) in [4.78, 5) is 2.51. The fraction of sp³-hybridized carbons (Fsp3) is 0.800. The molecule has 0 unspecified atom stereocenters.